The van der Waals surface area contributed by atoms with Crippen molar-refractivity contribution in [2.75, 3.05) is 24.6 Å². The van der Waals surface area contributed by atoms with Crippen LogP contribution in [-0.2, 0) is 0 Å². The van der Waals surface area contributed by atoms with Crippen molar-refractivity contribution in [1.29, 1.82) is 0 Å². The van der Waals surface area contributed by atoms with Gasteiger partial charge in [0.15, 0.2) is 0 Å². The van der Waals surface area contributed by atoms with Gasteiger partial charge in [0.05, 0.1) is 13.1 Å². The normalized spacial score (nSPS) is 12.4. The summed E-state index contributed by atoms with van der Waals surface area (Å²) in [7, 11) is 0. The van der Waals surface area contributed by atoms with Crippen molar-refractivity contribution < 1.29 is 0 Å². The van der Waals surface area contributed by atoms with Gasteiger partial charge in [-0.15, -0.1) is 12.4 Å². The second-order valence-electron chi connectivity index (χ2n) is 5.30. The van der Waals surface area contributed by atoms with Crippen LogP contribution in [0.4, 0.5) is 11.4 Å². The van der Waals surface area contributed by atoms with Gasteiger partial charge in [-0.05, 0) is 36.4 Å². The van der Waals surface area contributed by atoms with E-state index in [2.05, 4.69) is 9.98 Å². The van der Waals surface area contributed by atoms with Gasteiger partial charge in [0, 0.05) is 51.0 Å². The van der Waals surface area contributed by atoms with Crippen molar-refractivity contribution >= 4 is 59.4 Å². The van der Waals surface area contributed by atoms with Crippen LogP contribution in [0, 0.1) is 0 Å². The minimum absolute atomic E-state index is 0. The lowest BCUT2D eigenvalue weighted by Gasteiger charge is -2.05. The fourth-order valence-corrected chi connectivity index (χ4v) is 2.32. The van der Waals surface area contributed by atoms with E-state index in [0.29, 0.717) is 34.5 Å². The molecule has 0 aromatic heterocycles. The zero-order valence-corrected chi connectivity index (χ0v) is 15.7. The SMILES string of the molecule is Cl.Nc1cc(Cl)ccc1C=NCC(N)CN=Cc1ccc(Cl)cc1N. The molecule has 0 aliphatic carbocycles. The molecule has 0 saturated heterocycles. The quantitative estimate of drug-likeness (QED) is 0.511. The van der Waals surface area contributed by atoms with Gasteiger partial charge in [0.25, 0.3) is 0 Å². The molecule has 0 aliphatic heterocycles. The number of nitrogen functional groups attached to an aromatic ring is 2. The molecular weight excluding hydrogens is 381 g/mol. The Hall–Kier alpha value is -1.79. The molecule has 2 rings (SSSR count). The fourth-order valence-electron chi connectivity index (χ4n) is 1.96. The van der Waals surface area contributed by atoms with E-state index < -0.39 is 0 Å². The zero-order valence-electron chi connectivity index (χ0n) is 13.4. The number of nitrogens with zero attached hydrogens (tertiary/aromatic N) is 2. The summed E-state index contributed by atoms with van der Waals surface area (Å²) in [5.74, 6) is 0. The van der Waals surface area contributed by atoms with E-state index >= 15 is 0 Å². The minimum Gasteiger partial charge on any atom is -0.398 e. The topological polar surface area (TPSA) is 103 Å². The van der Waals surface area contributed by atoms with Crippen molar-refractivity contribution in [2.45, 2.75) is 6.04 Å². The Labute approximate surface area is 163 Å². The van der Waals surface area contributed by atoms with E-state index in [0.717, 1.165) is 11.1 Å². The predicted molar refractivity (Wildman–Crippen MR) is 112 cm³/mol. The molecule has 0 bridgehead atoms. The Balaban J connectivity index is 0.00000312. The molecule has 8 heteroatoms. The Bertz CT molecular complexity index is 698. The lowest BCUT2D eigenvalue weighted by atomic mass is 10.2. The molecule has 0 amide bonds. The molecule has 2 aromatic carbocycles. The smallest absolute Gasteiger partial charge is 0.0559 e. The Morgan fingerprint density at radius 2 is 1.24 bits per heavy atom. The number of hydrogen-bond acceptors (Lipinski definition) is 5. The van der Waals surface area contributed by atoms with Crippen molar-refractivity contribution in [3.8, 4) is 0 Å². The number of rotatable bonds is 6. The molecule has 2 aromatic rings. The second-order valence-corrected chi connectivity index (χ2v) is 6.17. The summed E-state index contributed by atoms with van der Waals surface area (Å²) >= 11 is 11.7. The zero-order chi connectivity index (χ0) is 17.5. The highest BCUT2D eigenvalue weighted by Crippen LogP contribution is 2.17. The van der Waals surface area contributed by atoms with Gasteiger partial charge in [-0.25, -0.2) is 0 Å². The molecular formula is C17H20Cl3N5. The van der Waals surface area contributed by atoms with Gasteiger partial charge in [-0.2, -0.15) is 0 Å². The van der Waals surface area contributed by atoms with Crippen molar-refractivity contribution in [1.82, 2.24) is 0 Å². The third-order valence-electron chi connectivity index (χ3n) is 3.24. The molecule has 0 radical (unpaired) electrons. The van der Waals surface area contributed by atoms with Gasteiger partial charge in [-0.1, -0.05) is 23.2 Å². The standard InChI is InChI=1S/C17H19Cl2N5.ClH/c18-13-3-1-11(16(21)5-13)7-23-9-15(20)10-24-8-12-2-4-14(19)6-17(12)22;/h1-8,15H,9-10,20-22H2;1H. The first kappa shape index (κ1) is 21.3. The molecule has 0 fully saturated rings. The van der Waals surface area contributed by atoms with Crippen LogP contribution in [0.25, 0.3) is 0 Å². The molecule has 6 N–H and O–H groups in total. The van der Waals surface area contributed by atoms with Crippen LogP contribution in [0.1, 0.15) is 11.1 Å². The first-order chi connectivity index (χ1) is 11.5. The first-order valence-corrected chi connectivity index (χ1v) is 8.06. The third kappa shape index (κ3) is 6.92. The van der Waals surface area contributed by atoms with Gasteiger partial charge in [0.1, 0.15) is 0 Å². The molecule has 5 nitrogen and oxygen atoms in total. The fraction of sp³-hybridized carbons (Fsp3) is 0.176. The van der Waals surface area contributed by atoms with Gasteiger partial charge < -0.3 is 17.2 Å². The Morgan fingerprint density at radius 3 is 1.60 bits per heavy atom. The van der Waals surface area contributed by atoms with Crippen LogP contribution in [0.3, 0.4) is 0 Å². The highest BCUT2D eigenvalue weighted by atomic mass is 35.5. The highest BCUT2D eigenvalue weighted by molar-refractivity contribution is 6.31. The molecule has 134 valence electrons. The van der Waals surface area contributed by atoms with Crippen LogP contribution in [0.2, 0.25) is 10.0 Å². The Kier molecular flexibility index (Phi) is 8.72. The molecule has 0 unspecified atom stereocenters. The lowest BCUT2D eigenvalue weighted by molar-refractivity contribution is 0.697. The van der Waals surface area contributed by atoms with E-state index in [1.54, 1.807) is 36.7 Å². The molecule has 0 heterocycles. The van der Waals surface area contributed by atoms with Crippen LogP contribution in [-0.4, -0.2) is 31.6 Å². The number of aliphatic imine (C=N–C) groups is 2. The maximum absolute atomic E-state index is 5.99. The van der Waals surface area contributed by atoms with E-state index in [4.69, 9.17) is 40.4 Å². The molecule has 0 spiro atoms. The summed E-state index contributed by atoms with van der Waals surface area (Å²) in [4.78, 5) is 8.60. The average Bonchev–Trinajstić information content (AvgIpc) is 2.51. The largest absolute Gasteiger partial charge is 0.398 e. The summed E-state index contributed by atoms with van der Waals surface area (Å²) in [6, 6.07) is 10.3. The van der Waals surface area contributed by atoms with Crippen molar-refractivity contribution in [2.24, 2.45) is 15.7 Å². The van der Waals surface area contributed by atoms with E-state index in [1.807, 2.05) is 12.1 Å². The second kappa shape index (κ2) is 10.3. The molecule has 25 heavy (non-hydrogen) atoms. The van der Waals surface area contributed by atoms with Crippen LogP contribution in [0.15, 0.2) is 46.4 Å². The summed E-state index contributed by atoms with van der Waals surface area (Å²) < 4.78 is 0. The van der Waals surface area contributed by atoms with Gasteiger partial charge >= 0.3 is 0 Å². The van der Waals surface area contributed by atoms with Crippen molar-refractivity contribution in [3.63, 3.8) is 0 Å². The van der Waals surface area contributed by atoms with Crippen LogP contribution in [0.5, 0.6) is 0 Å². The molecule has 0 aliphatic rings. The summed E-state index contributed by atoms with van der Waals surface area (Å²) in [6.45, 7) is 0.880. The van der Waals surface area contributed by atoms with Gasteiger partial charge in [0.2, 0.25) is 0 Å². The predicted octanol–water partition coefficient (Wildman–Crippen LogP) is 3.44. The molecule has 0 atom stereocenters. The van der Waals surface area contributed by atoms with E-state index in [9.17, 15) is 0 Å². The number of anilines is 2. The van der Waals surface area contributed by atoms with E-state index in [-0.39, 0.29) is 18.4 Å². The number of nitrogens with two attached hydrogens (primary N) is 3. The minimum atomic E-state index is -0.195. The summed E-state index contributed by atoms with van der Waals surface area (Å²) in [5, 5.41) is 1.19. The molecule has 0 saturated carbocycles. The first-order valence-electron chi connectivity index (χ1n) is 7.31. The van der Waals surface area contributed by atoms with E-state index in [1.165, 1.54) is 0 Å². The van der Waals surface area contributed by atoms with Crippen LogP contribution < -0.4 is 17.2 Å². The lowest BCUT2D eigenvalue weighted by Crippen LogP contribution is -2.27. The van der Waals surface area contributed by atoms with Crippen molar-refractivity contribution in [3.05, 3.63) is 57.6 Å². The maximum atomic E-state index is 5.99. The number of benzene rings is 2. The number of halogens is 3. The summed E-state index contributed by atoms with van der Waals surface area (Å²) in [5.41, 5.74) is 20.5. The monoisotopic (exact) mass is 399 g/mol. The average molecular weight is 401 g/mol. The van der Waals surface area contributed by atoms with Gasteiger partial charge in [-0.3, -0.25) is 9.98 Å². The number of hydrogen-bond donors (Lipinski definition) is 3. The third-order valence-corrected chi connectivity index (χ3v) is 3.71. The van der Waals surface area contributed by atoms with Crippen LogP contribution >= 0.6 is 35.6 Å². The Morgan fingerprint density at radius 1 is 0.840 bits per heavy atom. The summed E-state index contributed by atoms with van der Waals surface area (Å²) in [6.07, 6.45) is 3.37. The maximum Gasteiger partial charge on any atom is 0.0559 e. The highest BCUT2D eigenvalue weighted by Gasteiger charge is 2.01.